The van der Waals surface area contributed by atoms with Crippen molar-refractivity contribution in [2.24, 2.45) is 5.92 Å². The number of nitrogens with zero attached hydrogens (tertiary/aromatic N) is 1. The van der Waals surface area contributed by atoms with Crippen molar-refractivity contribution in [2.45, 2.75) is 51.0 Å². The van der Waals surface area contributed by atoms with E-state index >= 15 is 0 Å². The SMILES string of the molecule is OC(CCC1CCCC1)Cc1nccs1. The van der Waals surface area contributed by atoms with E-state index in [1.165, 1.54) is 32.1 Å². The molecule has 1 N–H and O–H groups in total. The second-order valence-electron chi connectivity index (χ2n) is 4.51. The van der Waals surface area contributed by atoms with Gasteiger partial charge in [-0.25, -0.2) is 4.98 Å². The van der Waals surface area contributed by atoms with Crippen molar-refractivity contribution in [2.75, 3.05) is 0 Å². The molecular weight excluding hydrogens is 206 g/mol. The van der Waals surface area contributed by atoms with Crippen LogP contribution in [0.1, 0.15) is 43.5 Å². The highest BCUT2D eigenvalue weighted by molar-refractivity contribution is 7.09. The van der Waals surface area contributed by atoms with E-state index in [-0.39, 0.29) is 6.10 Å². The average molecular weight is 225 g/mol. The molecule has 1 fully saturated rings. The Morgan fingerprint density at radius 3 is 2.93 bits per heavy atom. The molecule has 15 heavy (non-hydrogen) atoms. The summed E-state index contributed by atoms with van der Waals surface area (Å²) in [6, 6.07) is 0. The summed E-state index contributed by atoms with van der Waals surface area (Å²) in [5.74, 6) is 0.885. The molecular formula is C12H19NOS. The topological polar surface area (TPSA) is 33.1 Å². The number of aliphatic hydroxyl groups excluding tert-OH is 1. The maximum atomic E-state index is 9.85. The lowest BCUT2D eigenvalue weighted by Crippen LogP contribution is -2.11. The summed E-state index contributed by atoms with van der Waals surface area (Å²) in [7, 11) is 0. The largest absolute Gasteiger partial charge is 0.393 e. The van der Waals surface area contributed by atoms with Crippen LogP contribution >= 0.6 is 11.3 Å². The quantitative estimate of drug-likeness (QED) is 0.835. The fourth-order valence-electron chi connectivity index (χ4n) is 2.38. The molecule has 1 aromatic heterocycles. The number of aliphatic hydroxyl groups is 1. The Morgan fingerprint density at radius 1 is 1.47 bits per heavy atom. The second-order valence-corrected chi connectivity index (χ2v) is 5.49. The third kappa shape index (κ3) is 3.58. The van der Waals surface area contributed by atoms with Crippen molar-refractivity contribution in [3.8, 4) is 0 Å². The van der Waals surface area contributed by atoms with Gasteiger partial charge in [-0.05, 0) is 18.8 Å². The van der Waals surface area contributed by atoms with E-state index in [1.54, 1.807) is 11.3 Å². The highest BCUT2D eigenvalue weighted by Crippen LogP contribution is 2.29. The molecule has 84 valence electrons. The molecule has 1 saturated carbocycles. The van der Waals surface area contributed by atoms with Gasteiger partial charge in [-0.2, -0.15) is 0 Å². The summed E-state index contributed by atoms with van der Waals surface area (Å²) in [6.45, 7) is 0. The van der Waals surface area contributed by atoms with Gasteiger partial charge in [0.15, 0.2) is 0 Å². The minimum atomic E-state index is -0.184. The summed E-state index contributed by atoms with van der Waals surface area (Å²) < 4.78 is 0. The number of aromatic nitrogens is 1. The van der Waals surface area contributed by atoms with E-state index in [1.807, 2.05) is 11.6 Å². The molecule has 0 saturated heterocycles. The molecule has 1 aromatic rings. The zero-order valence-corrected chi connectivity index (χ0v) is 9.88. The molecule has 3 heteroatoms. The fourth-order valence-corrected chi connectivity index (χ4v) is 3.07. The van der Waals surface area contributed by atoms with Gasteiger partial charge in [0, 0.05) is 18.0 Å². The molecule has 2 nitrogen and oxygen atoms in total. The first kappa shape index (κ1) is 11.1. The standard InChI is InChI=1S/C12H19NOS/c14-11(9-12-13-7-8-15-12)6-5-10-3-1-2-4-10/h7-8,10-11,14H,1-6,9H2. The number of rotatable bonds is 5. The molecule has 0 radical (unpaired) electrons. The van der Waals surface area contributed by atoms with Gasteiger partial charge in [-0.3, -0.25) is 0 Å². The lowest BCUT2D eigenvalue weighted by molar-refractivity contribution is 0.154. The summed E-state index contributed by atoms with van der Waals surface area (Å²) in [4.78, 5) is 4.19. The van der Waals surface area contributed by atoms with Gasteiger partial charge in [-0.15, -0.1) is 11.3 Å². The van der Waals surface area contributed by atoms with Gasteiger partial charge >= 0.3 is 0 Å². The van der Waals surface area contributed by atoms with E-state index in [2.05, 4.69) is 4.98 Å². The van der Waals surface area contributed by atoms with Gasteiger partial charge in [0.05, 0.1) is 11.1 Å². The van der Waals surface area contributed by atoms with Crippen molar-refractivity contribution in [3.63, 3.8) is 0 Å². The molecule has 0 aromatic carbocycles. The molecule has 0 aliphatic heterocycles. The predicted molar refractivity (Wildman–Crippen MR) is 63.0 cm³/mol. The van der Waals surface area contributed by atoms with Crippen LogP contribution in [0.2, 0.25) is 0 Å². The van der Waals surface area contributed by atoms with Gasteiger partial charge in [0.2, 0.25) is 0 Å². The minimum absolute atomic E-state index is 0.184. The van der Waals surface area contributed by atoms with E-state index in [0.29, 0.717) is 0 Å². The number of hydrogen-bond acceptors (Lipinski definition) is 3. The van der Waals surface area contributed by atoms with Gasteiger partial charge in [0.1, 0.15) is 0 Å². The first-order valence-electron chi connectivity index (χ1n) is 5.91. The molecule has 2 rings (SSSR count). The molecule has 1 heterocycles. The van der Waals surface area contributed by atoms with Crippen molar-refractivity contribution >= 4 is 11.3 Å². The molecule has 1 aliphatic carbocycles. The smallest absolute Gasteiger partial charge is 0.0950 e. The zero-order valence-electron chi connectivity index (χ0n) is 9.06. The van der Waals surface area contributed by atoms with E-state index in [4.69, 9.17) is 0 Å². The molecule has 0 spiro atoms. The van der Waals surface area contributed by atoms with Crippen LogP contribution in [0.3, 0.4) is 0 Å². The van der Waals surface area contributed by atoms with Crippen LogP contribution in [0.15, 0.2) is 11.6 Å². The summed E-state index contributed by atoms with van der Waals surface area (Å²) in [5.41, 5.74) is 0. The Balaban J connectivity index is 1.66. The van der Waals surface area contributed by atoms with Gasteiger partial charge in [-0.1, -0.05) is 25.7 Å². The van der Waals surface area contributed by atoms with Crippen LogP contribution in [0, 0.1) is 5.92 Å². The Kier molecular flexibility index (Phi) is 4.15. The Bertz CT molecular complexity index is 267. The van der Waals surface area contributed by atoms with Crippen LogP contribution in [-0.2, 0) is 6.42 Å². The molecule has 1 unspecified atom stereocenters. The number of hydrogen-bond donors (Lipinski definition) is 1. The molecule has 1 atom stereocenters. The lowest BCUT2D eigenvalue weighted by atomic mass is 9.99. The van der Waals surface area contributed by atoms with Crippen LogP contribution in [0.4, 0.5) is 0 Å². The highest BCUT2D eigenvalue weighted by Gasteiger charge is 2.16. The van der Waals surface area contributed by atoms with Crippen molar-refractivity contribution < 1.29 is 5.11 Å². The van der Waals surface area contributed by atoms with E-state index < -0.39 is 0 Å². The van der Waals surface area contributed by atoms with E-state index in [9.17, 15) is 5.11 Å². The summed E-state index contributed by atoms with van der Waals surface area (Å²) in [6.07, 6.45) is 10.1. The van der Waals surface area contributed by atoms with Crippen LogP contribution < -0.4 is 0 Å². The molecule has 0 amide bonds. The van der Waals surface area contributed by atoms with Gasteiger partial charge in [0.25, 0.3) is 0 Å². The monoisotopic (exact) mass is 225 g/mol. The zero-order chi connectivity index (χ0) is 10.5. The maximum Gasteiger partial charge on any atom is 0.0950 e. The highest BCUT2D eigenvalue weighted by atomic mass is 32.1. The Hall–Kier alpha value is -0.410. The normalized spacial score (nSPS) is 19.5. The minimum Gasteiger partial charge on any atom is -0.393 e. The van der Waals surface area contributed by atoms with Gasteiger partial charge < -0.3 is 5.11 Å². The van der Waals surface area contributed by atoms with Crippen LogP contribution in [0.25, 0.3) is 0 Å². The van der Waals surface area contributed by atoms with Crippen molar-refractivity contribution in [3.05, 3.63) is 16.6 Å². The maximum absolute atomic E-state index is 9.85. The molecule has 1 aliphatic rings. The second kappa shape index (κ2) is 5.61. The third-order valence-corrected chi connectivity index (χ3v) is 4.08. The fraction of sp³-hybridized carbons (Fsp3) is 0.750. The number of thiazole rings is 1. The predicted octanol–water partition coefficient (Wildman–Crippen LogP) is 3.02. The molecule has 0 bridgehead atoms. The average Bonchev–Trinajstić information content (AvgIpc) is 2.86. The first-order chi connectivity index (χ1) is 7.34. The van der Waals surface area contributed by atoms with Crippen molar-refractivity contribution in [1.82, 2.24) is 4.98 Å². The third-order valence-electron chi connectivity index (χ3n) is 3.28. The van der Waals surface area contributed by atoms with E-state index in [0.717, 1.165) is 23.8 Å². The van der Waals surface area contributed by atoms with Crippen molar-refractivity contribution in [1.29, 1.82) is 0 Å². The first-order valence-corrected chi connectivity index (χ1v) is 6.79. The van der Waals surface area contributed by atoms with Crippen LogP contribution in [0.5, 0.6) is 0 Å². The lowest BCUT2D eigenvalue weighted by Gasteiger charge is -2.12. The Morgan fingerprint density at radius 2 is 2.27 bits per heavy atom. The Labute approximate surface area is 95.4 Å². The summed E-state index contributed by atoms with van der Waals surface area (Å²) in [5, 5.41) is 12.9. The summed E-state index contributed by atoms with van der Waals surface area (Å²) >= 11 is 1.64. The van der Waals surface area contributed by atoms with Crippen LogP contribution in [-0.4, -0.2) is 16.2 Å².